The number of carbonyl (C=O) groups excluding carboxylic acids is 1. The van der Waals surface area contributed by atoms with E-state index in [1.165, 1.54) is 0 Å². The molecule has 0 bridgehead atoms. The maximum Gasteiger partial charge on any atom is 0.303 e. The Kier molecular flexibility index (Phi) is 4.04. The van der Waals surface area contributed by atoms with E-state index in [0.29, 0.717) is 13.0 Å². The highest BCUT2D eigenvalue weighted by Gasteiger charge is 2.32. The maximum atomic E-state index is 12.1. The third kappa shape index (κ3) is 3.24. The van der Waals surface area contributed by atoms with Crippen LogP contribution in [0.3, 0.4) is 0 Å². The fourth-order valence-electron chi connectivity index (χ4n) is 2.40. The third-order valence-electron chi connectivity index (χ3n) is 3.26. The van der Waals surface area contributed by atoms with E-state index in [4.69, 9.17) is 5.11 Å². The molecule has 1 aromatic rings. The van der Waals surface area contributed by atoms with Crippen molar-refractivity contribution in [3.05, 3.63) is 30.3 Å². The van der Waals surface area contributed by atoms with Crippen molar-refractivity contribution in [2.75, 3.05) is 11.4 Å². The molecule has 2 N–H and O–H groups in total. The number of carboxylic acids is 1. The van der Waals surface area contributed by atoms with Crippen LogP contribution in [-0.2, 0) is 9.59 Å². The van der Waals surface area contributed by atoms with Crippen molar-refractivity contribution in [1.82, 2.24) is 5.32 Å². The van der Waals surface area contributed by atoms with Crippen LogP contribution in [0, 0.1) is 0 Å². The number of carbonyl (C=O) groups is 2. The van der Waals surface area contributed by atoms with Crippen molar-refractivity contribution in [3.8, 4) is 0 Å². The predicted molar refractivity (Wildman–Crippen MR) is 72.1 cm³/mol. The van der Waals surface area contributed by atoms with E-state index in [2.05, 4.69) is 5.32 Å². The Labute approximate surface area is 112 Å². The summed E-state index contributed by atoms with van der Waals surface area (Å²) in [5.74, 6) is -0.969. The summed E-state index contributed by atoms with van der Waals surface area (Å²) in [7, 11) is 0. The van der Waals surface area contributed by atoms with Crippen molar-refractivity contribution in [2.24, 2.45) is 0 Å². The number of benzene rings is 1. The molecular formula is C14H18N2O3. The molecule has 0 saturated carbocycles. The van der Waals surface area contributed by atoms with Crippen LogP contribution in [0.15, 0.2) is 30.3 Å². The van der Waals surface area contributed by atoms with E-state index in [9.17, 15) is 9.59 Å². The molecule has 1 saturated heterocycles. The van der Waals surface area contributed by atoms with Gasteiger partial charge in [-0.05, 0) is 25.5 Å². The zero-order chi connectivity index (χ0) is 13.8. The number of carboxylic acid groups (broad SMARTS) is 1. The monoisotopic (exact) mass is 262 g/mol. The zero-order valence-corrected chi connectivity index (χ0v) is 10.9. The van der Waals surface area contributed by atoms with Gasteiger partial charge in [-0.1, -0.05) is 18.2 Å². The highest BCUT2D eigenvalue weighted by atomic mass is 16.4. The number of hydrogen-bond acceptors (Lipinski definition) is 3. The van der Waals surface area contributed by atoms with Crippen LogP contribution in [0.25, 0.3) is 0 Å². The molecule has 5 nitrogen and oxygen atoms in total. The summed E-state index contributed by atoms with van der Waals surface area (Å²) in [6, 6.07) is 9.30. The average molecular weight is 262 g/mol. The second-order valence-electron chi connectivity index (χ2n) is 4.85. The molecule has 102 valence electrons. The number of amides is 1. The largest absolute Gasteiger partial charge is 0.481 e. The SMILES string of the molecule is CC1CN(c2ccccc2)C(CCC(=O)O)C(=O)N1. The van der Waals surface area contributed by atoms with Gasteiger partial charge >= 0.3 is 5.97 Å². The van der Waals surface area contributed by atoms with Crippen molar-refractivity contribution >= 4 is 17.6 Å². The van der Waals surface area contributed by atoms with E-state index in [1.54, 1.807) is 0 Å². The Bertz CT molecular complexity index is 461. The summed E-state index contributed by atoms with van der Waals surface area (Å²) < 4.78 is 0. The Hall–Kier alpha value is -2.04. The zero-order valence-electron chi connectivity index (χ0n) is 10.9. The topological polar surface area (TPSA) is 69.6 Å². The lowest BCUT2D eigenvalue weighted by molar-refractivity contribution is -0.137. The Morgan fingerprint density at radius 1 is 1.42 bits per heavy atom. The summed E-state index contributed by atoms with van der Waals surface area (Å²) in [6.07, 6.45) is 0.318. The number of rotatable bonds is 4. The quantitative estimate of drug-likeness (QED) is 0.856. The first-order valence-electron chi connectivity index (χ1n) is 6.42. The summed E-state index contributed by atoms with van der Waals surface area (Å²) >= 11 is 0. The van der Waals surface area contributed by atoms with Crippen molar-refractivity contribution in [1.29, 1.82) is 0 Å². The Balaban J connectivity index is 2.19. The standard InChI is InChI=1S/C14H18N2O3/c1-10-9-16(11-5-3-2-4-6-11)12(14(19)15-10)7-8-13(17)18/h2-6,10,12H,7-9H2,1H3,(H,15,19)(H,17,18). The molecule has 5 heteroatoms. The predicted octanol–water partition coefficient (Wildman–Crippen LogP) is 1.24. The van der Waals surface area contributed by atoms with Crippen LogP contribution in [0.2, 0.25) is 0 Å². The first-order valence-corrected chi connectivity index (χ1v) is 6.42. The first kappa shape index (κ1) is 13.4. The molecule has 2 unspecified atom stereocenters. The maximum absolute atomic E-state index is 12.1. The number of piperazine rings is 1. The molecule has 0 spiro atoms. The van der Waals surface area contributed by atoms with Gasteiger partial charge in [0.05, 0.1) is 0 Å². The normalized spacial score (nSPS) is 23.0. The molecular weight excluding hydrogens is 244 g/mol. The summed E-state index contributed by atoms with van der Waals surface area (Å²) in [4.78, 5) is 24.8. The van der Waals surface area contributed by atoms with Crippen molar-refractivity contribution in [2.45, 2.75) is 31.8 Å². The molecule has 1 aromatic carbocycles. The van der Waals surface area contributed by atoms with Gasteiger partial charge in [0, 0.05) is 24.7 Å². The molecule has 0 aromatic heterocycles. The van der Waals surface area contributed by atoms with Crippen LogP contribution >= 0.6 is 0 Å². The number of para-hydroxylation sites is 1. The second-order valence-corrected chi connectivity index (χ2v) is 4.85. The Morgan fingerprint density at radius 3 is 2.74 bits per heavy atom. The summed E-state index contributed by atoms with van der Waals surface area (Å²) in [5.41, 5.74) is 0.958. The molecule has 0 aliphatic carbocycles. The molecule has 2 rings (SSSR count). The van der Waals surface area contributed by atoms with Gasteiger partial charge in [-0.2, -0.15) is 0 Å². The van der Waals surface area contributed by atoms with Crippen molar-refractivity contribution in [3.63, 3.8) is 0 Å². The first-order chi connectivity index (χ1) is 9.08. The molecule has 1 aliphatic heterocycles. The van der Waals surface area contributed by atoms with Crippen LogP contribution in [0.1, 0.15) is 19.8 Å². The minimum Gasteiger partial charge on any atom is -0.481 e. The van der Waals surface area contributed by atoms with E-state index in [1.807, 2.05) is 42.2 Å². The van der Waals surface area contributed by atoms with Gasteiger partial charge in [0.15, 0.2) is 0 Å². The lowest BCUT2D eigenvalue weighted by Gasteiger charge is -2.39. The summed E-state index contributed by atoms with van der Waals surface area (Å²) in [6.45, 7) is 2.64. The highest BCUT2D eigenvalue weighted by Crippen LogP contribution is 2.22. The van der Waals surface area contributed by atoms with E-state index in [-0.39, 0.29) is 18.4 Å². The lowest BCUT2D eigenvalue weighted by Crippen LogP contribution is -2.59. The third-order valence-corrected chi connectivity index (χ3v) is 3.26. The molecule has 1 aliphatic rings. The van der Waals surface area contributed by atoms with Crippen LogP contribution in [-0.4, -0.2) is 35.6 Å². The Morgan fingerprint density at radius 2 is 2.11 bits per heavy atom. The second kappa shape index (κ2) is 5.73. The molecule has 2 atom stereocenters. The molecule has 0 radical (unpaired) electrons. The van der Waals surface area contributed by atoms with Crippen LogP contribution in [0.4, 0.5) is 5.69 Å². The van der Waals surface area contributed by atoms with Gasteiger partial charge < -0.3 is 15.3 Å². The minimum absolute atomic E-state index is 0.00417. The van der Waals surface area contributed by atoms with E-state index >= 15 is 0 Å². The smallest absolute Gasteiger partial charge is 0.303 e. The lowest BCUT2D eigenvalue weighted by atomic mass is 10.0. The fraction of sp³-hybridized carbons (Fsp3) is 0.429. The van der Waals surface area contributed by atoms with Gasteiger partial charge in [0.25, 0.3) is 0 Å². The summed E-state index contributed by atoms with van der Waals surface area (Å²) in [5, 5.41) is 11.7. The van der Waals surface area contributed by atoms with Gasteiger partial charge in [-0.25, -0.2) is 0 Å². The fourth-order valence-corrected chi connectivity index (χ4v) is 2.40. The van der Waals surface area contributed by atoms with Crippen molar-refractivity contribution < 1.29 is 14.7 Å². The number of nitrogens with zero attached hydrogens (tertiary/aromatic N) is 1. The number of anilines is 1. The molecule has 1 amide bonds. The van der Waals surface area contributed by atoms with Gasteiger partial charge in [0.1, 0.15) is 6.04 Å². The number of nitrogens with one attached hydrogen (secondary N) is 1. The van der Waals surface area contributed by atoms with Crippen LogP contribution in [0.5, 0.6) is 0 Å². The number of hydrogen-bond donors (Lipinski definition) is 2. The van der Waals surface area contributed by atoms with Gasteiger partial charge in [-0.3, -0.25) is 9.59 Å². The van der Waals surface area contributed by atoms with Gasteiger partial charge in [-0.15, -0.1) is 0 Å². The van der Waals surface area contributed by atoms with Gasteiger partial charge in [0.2, 0.25) is 5.91 Å². The van der Waals surface area contributed by atoms with E-state index in [0.717, 1.165) is 5.69 Å². The van der Waals surface area contributed by atoms with E-state index < -0.39 is 12.0 Å². The molecule has 19 heavy (non-hydrogen) atoms. The highest BCUT2D eigenvalue weighted by molar-refractivity contribution is 5.87. The average Bonchev–Trinajstić information content (AvgIpc) is 2.37. The minimum atomic E-state index is -0.876. The molecule has 1 heterocycles. The number of aliphatic carboxylic acids is 1. The molecule has 1 fully saturated rings. The van der Waals surface area contributed by atoms with Crippen LogP contribution < -0.4 is 10.2 Å².